The lowest BCUT2D eigenvalue weighted by atomic mass is 9.91. The highest BCUT2D eigenvalue weighted by molar-refractivity contribution is 6.52. The van der Waals surface area contributed by atoms with Crippen LogP contribution < -0.4 is 0 Å². The third-order valence-corrected chi connectivity index (χ3v) is 4.85. The lowest BCUT2D eigenvalue weighted by molar-refractivity contribution is 0.535. The standard InChI is InChI=1S/C24H18N2O2/c1-3-9-17(10-4-1)21-22(18-11-5-2-6-12-18)26-24(20-14-8-16-28-20)23(25-21)19-13-7-15-27-19/h1-16,21-22H. The van der Waals surface area contributed by atoms with E-state index in [1.54, 1.807) is 12.5 Å². The highest BCUT2D eigenvalue weighted by atomic mass is 16.3. The van der Waals surface area contributed by atoms with E-state index in [1.807, 2.05) is 60.7 Å². The van der Waals surface area contributed by atoms with E-state index in [0.717, 1.165) is 11.1 Å². The minimum absolute atomic E-state index is 0.151. The molecule has 3 heterocycles. The zero-order valence-corrected chi connectivity index (χ0v) is 15.1. The minimum atomic E-state index is -0.151. The molecule has 0 spiro atoms. The van der Waals surface area contributed by atoms with Gasteiger partial charge in [0.1, 0.15) is 23.5 Å². The maximum absolute atomic E-state index is 5.67. The summed E-state index contributed by atoms with van der Waals surface area (Å²) in [7, 11) is 0. The quantitative estimate of drug-likeness (QED) is 0.469. The van der Waals surface area contributed by atoms with Crippen LogP contribution in [0.4, 0.5) is 0 Å². The van der Waals surface area contributed by atoms with Crippen LogP contribution in [0.2, 0.25) is 0 Å². The largest absolute Gasteiger partial charge is 0.463 e. The summed E-state index contributed by atoms with van der Waals surface area (Å²) in [6, 6.07) is 27.8. The number of rotatable bonds is 4. The molecule has 0 aliphatic carbocycles. The molecule has 28 heavy (non-hydrogen) atoms. The van der Waals surface area contributed by atoms with Gasteiger partial charge in [0.05, 0.1) is 12.5 Å². The van der Waals surface area contributed by atoms with Crippen LogP contribution in [0.1, 0.15) is 34.7 Å². The van der Waals surface area contributed by atoms with Gasteiger partial charge < -0.3 is 8.83 Å². The molecule has 1 aliphatic heterocycles. The number of hydrogen-bond donors (Lipinski definition) is 0. The number of nitrogens with zero attached hydrogens (tertiary/aromatic N) is 2. The van der Waals surface area contributed by atoms with Gasteiger partial charge in [-0.15, -0.1) is 0 Å². The van der Waals surface area contributed by atoms with Crippen molar-refractivity contribution in [2.24, 2.45) is 9.98 Å². The Balaban J connectivity index is 1.71. The van der Waals surface area contributed by atoms with Gasteiger partial charge in [-0.2, -0.15) is 0 Å². The summed E-state index contributed by atoms with van der Waals surface area (Å²) in [5.41, 5.74) is 3.65. The van der Waals surface area contributed by atoms with E-state index < -0.39 is 0 Å². The summed E-state index contributed by atoms with van der Waals surface area (Å²) in [6.07, 6.45) is 3.30. The molecule has 0 radical (unpaired) electrons. The van der Waals surface area contributed by atoms with Gasteiger partial charge in [0.25, 0.3) is 0 Å². The van der Waals surface area contributed by atoms with Gasteiger partial charge >= 0.3 is 0 Å². The fraction of sp³-hybridized carbons (Fsp3) is 0.0833. The molecule has 4 heteroatoms. The Morgan fingerprint density at radius 1 is 0.500 bits per heavy atom. The van der Waals surface area contributed by atoms with E-state index in [4.69, 9.17) is 18.8 Å². The van der Waals surface area contributed by atoms with Crippen LogP contribution in [0.5, 0.6) is 0 Å². The molecule has 136 valence electrons. The molecule has 2 aromatic carbocycles. The van der Waals surface area contributed by atoms with Crippen molar-refractivity contribution in [3.63, 3.8) is 0 Å². The first kappa shape index (κ1) is 16.5. The molecule has 4 nitrogen and oxygen atoms in total. The van der Waals surface area contributed by atoms with Gasteiger partial charge in [0.15, 0.2) is 11.5 Å². The minimum Gasteiger partial charge on any atom is -0.463 e. The van der Waals surface area contributed by atoms with Crippen molar-refractivity contribution in [3.8, 4) is 0 Å². The summed E-state index contributed by atoms with van der Waals surface area (Å²) in [5.74, 6) is 1.37. The zero-order valence-electron chi connectivity index (χ0n) is 15.1. The van der Waals surface area contributed by atoms with Crippen molar-refractivity contribution in [1.29, 1.82) is 0 Å². The molecule has 0 saturated carbocycles. The van der Waals surface area contributed by atoms with Gasteiger partial charge in [-0.1, -0.05) is 60.7 Å². The first-order chi connectivity index (χ1) is 13.9. The first-order valence-electron chi connectivity index (χ1n) is 9.24. The lowest BCUT2D eigenvalue weighted by Gasteiger charge is -2.27. The second kappa shape index (κ2) is 7.16. The van der Waals surface area contributed by atoms with E-state index in [0.29, 0.717) is 22.9 Å². The zero-order chi connectivity index (χ0) is 18.8. The molecule has 2 unspecified atom stereocenters. The molecule has 1 aliphatic rings. The van der Waals surface area contributed by atoms with Crippen LogP contribution >= 0.6 is 0 Å². The second-order valence-corrected chi connectivity index (χ2v) is 6.62. The predicted molar refractivity (Wildman–Crippen MR) is 109 cm³/mol. The van der Waals surface area contributed by atoms with Crippen LogP contribution in [0, 0.1) is 0 Å². The topological polar surface area (TPSA) is 51.0 Å². The normalized spacial score (nSPS) is 19.1. The maximum Gasteiger partial charge on any atom is 0.154 e. The van der Waals surface area contributed by atoms with Crippen LogP contribution in [0.15, 0.2) is 116 Å². The van der Waals surface area contributed by atoms with Crippen molar-refractivity contribution in [2.75, 3.05) is 0 Å². The predicted octanol–water partition coefficient (Wildman–Crippen LogP) is 5.65. The van der Waals surface area contributed by atoms with Crippen molar-refractivity contribution >= 4 is 11.4 Å². The molecule has 5 rings (SSSR count). The molecule has 0 saturated heterocycles. The van der Waals surface area contributed by atoms with E-state index in [1.165, 1.54) is 0 Å². The second-order valence-electron chi connectivity index (χ2n) is 6.62. The van der Waals surface area contributed by atoms with E-state index in [-0.39, 0.29) is 12.1 Å². The molecule has 2 atom stereocenters. The first-order valence-corrected chi connectivity index (χ1v) is 9.24. The highest BCUT2D eigenvalue weighted by Crippen LogP contribution is 2.39. The van der Waals surface area contributed by atoms with Gasteiger partial charge in [-0.05, 0) is 35.4 Å². The molecule has 0 fully saturated rings. The van der Waals surface area contributed by atoms with Gasteiger partial charge in [0, 0.05) is 0 Å². The third kappa shape index (κ3) is 2.99. The number of furan rings is 2. The third-order valence-electron chi connectivity index (χ3n) is 4.85. The molecule has 4 aromatic rings. The van der Waals surface area contributed by atoms with Crippen LogP contribution in [-0.4, -0.2) is 11.4 Å². The van der Waals surface area contributed by atoms with Crippen LogP contribution in [-0.2, 0) is 0 Å². The average molecular weight is 366 g/mol. The number of aliphatic imine (C=N–C) groups is 2. The van der Waals surface area contributed by atoms with Crippen LogP contribution in [0.25, 0.3) is 0 Å². The smallest absolute Gasteiger partial charge is 0.154 e. The summed E-state index contributed by atoms with van der Waals surface area (Å²) in [4.78, 5) is 10.2. The Morgan fingerprint density at radius 2 is 0.929 bits per heavy atom. The Kier molecular flexibility index (Phi) is 4.22. The molecule has 2 aromatic heterocycles. The average Bonchev–Trinajstić information content (AvgIpc) is 3.48. The number of benzene rings is 2. The van der Waals surface area contributed by atoms with Crippen molar-refractivity contribution in [1.82, 2.24) is 0 Å². The summed E-state index contributed by atoms with van der Waals surface area (Å²) < 4.78 is 11.3. The van der Waals surface area contributed by atoms with E-state index in [9.17, 15) is 0 Å². The lowest BCUT2D eigenvalue weighted by Crippen LogP contribution is -2.25. The van der Waals surface area contributed by atoms with Gasteiger partial charge in [-0.25, -0.2) is 0 Å². The van der Waals surface area contributed by atoms with Crippen LogP contribution in [0.3, 0.4) is 0 Å². The fourth-order valence-electron chi connectivity index (χ4n) is 3.54. The molecular formula is C24H18N2O2. The Labute approximate surface area is 162 Å². The fourth-order valence-corrected chi connectivity index (χ4v) is 3.54. The Bertz CT molecular complexity index is 1000. The van der Waals surface area contributed by atoms with Gasteiger partial charge in [-0.3, -0.25) is 9.98 Å². The molecular weight excluding hydrogens is 348 g/mol. The molecule has 0 bridgehead atoms. The Morgan fingerprint density at radius 3 is 1.29 bits per heavy atom. The van der Waals surface area contributed by atoms with Crippen molar-refractivity contribution in [3.05, 3.63) is 120 Å². The summed E-state index contributed by atoms with van der Waals surface area (Å²) in [5, 5.41) is 0. The van der Waals surface area contributed by atoms with Crippen molar-refractivity contribution in [2.45, 2.75) is 12.1 Å². The monoisotopic (exact) mass is 366 g/mol. The van der Waals surface area contributed by atoms with E-state index in [2.05, 4.69) is 24.3 Å². The van der Waals surface area contributed by atoms with E-state index >= 15 is 0 Å². The SMILES string of the molecule is c1ccc(C2N=C(c3ccco3)C(c3ccco3)=NC2c2ccccc2)cc1. The summed E-state index contributed by atoms with van der Waals surface area (Å²) in [6.45, 7) is 0. The van der Waals surface area contributed by atoms with Gasteiger partial charge in [0.2, 0.25) is 0 Å². The Hall–Kier alpha value is -3.66. The number of hydrogen-bond acceptors (Lipinski definition) is 4. The molecule has 0 N–H and O–H groups in total. The van der Waals surface area contributed by atoms with Crippen molar-refractivity contribution < 1.29 is 8.83 Å². The summed E-state index contributed by atoms with van der Waals surface area (Å²) >= 11 is 0. The maximum atomic E-state index is 5.67. The highest BCUT2D eigenvalue weighted by Gasteiger charge is 2.33. The molecule has 0 amide bonds.